The van der Waals surface area contributed by atoms with Gasteiger partial charge in [0.1, 0.15) is 0 Å². The number of rotatable bonds is 11. The van der Waals surface area contributed by atoms with Gasteiger partial charge in [0.25, 0.3) is 11.4 Å². The monoisotopic (exact) mass is 741 g/mol. The zero-order valence-corrected chi connectivity index (χ0v) is 28.9. The van der Waals surface area contributed by atoms with Crippen LogP contribution in [0, 0.1) is 20.2 Å². The molecule has 0 N–H and O–H groups in total. The Balaban J connectivity index is 2.11. The molecule has 1 saturated heterocycles. The van der Waals surface area contributed by atoms with E-state index in [0.717, 1.165) is 37.5 Å². The van der Waals surface area contributed by atoms with E-state index in [1.807, 2.05) is 0 Å². The number of nitrogens with zero attached hydrogens (tertiary/aromatic N) is 5. The van der Waals surface area contributed by atoms with Crippen molar-refractivity contribution in [1.82, 2.24) is 13.3 Å². The lowest BCUT2D eigenvalue weighted by Gasteiger charge is -2.33. The van der Waals surface area contributed by atoms with Crippen molar-refractivity contribution in [3.63, 3.8) is 0 Å². The SMILES string of the molecule is CCOP(=O)(OCC)N1CCN(S(=O)(=O)c2ccccc2[N+](=O)[O-])CCCC(F)(F)CCCN(S(=O)(=O)c2ccccc2[N+](=O)[O-])CC1. The quantitative estimate of drug-likeness (QED) is 0.172. The molecule has 0 saturated carbocycles. The van der Waals surface area contributed by atoms with Crippen LogP contribution in [0.1, 0.15) is 39.5 Å². The van der Waals surface area contributed by atoms with E-state index < -0.39 is 117 Å². The molecular formula is C27H38F2N5O11PS2. The molecule has 0 atom stereocenters. The van der Waals surface area contributed by atoms with Crippen molar-refractivity contribution < 1.29 is 49.1 Å². The Bertz CT molecular complexity index is 1600. The first kappa shape index (κ1) is 39.5. The highest BCUT2D eigenvalue weighted by Gasteiger charge is 2.39. The fourth-order valence-corrected chi connectivity index (χ4v) is 10.1. The molecule has 16 nitrogen and oxygen atoms in total. The van der Waals surface area contributed by atoms with Crippen molar-refractivity contribution in [2.75, 3.05) is 52.5 Å². The summed E-state index contributed by atoms with van der Waals surface area (Å²) in [6.07, 6.45) is -2.35. The van der Waals surface area contributed by atoms with Crippen molar-refractivity contribution in [2.24, 2.45) is 0 Å². The molecule has 0 unspecified atom stereocenters. The van der Waals surface area contributed by atoms with Gasteiger partial charge in [-0.05, 0) is 38.8 Å². The van der Waals surface area contributed by atoms with Crippen LogP contribution >= 0.6 is 7.75 Å². The summed E-state index contributed by atoms with van der Waals surface area (Å²) < 4.78 is 113. The maximum atomic E-state index is 15.0. The Labute approximate surface area is 277 Å². The first-order chi connectivity index (χ1) is 22.5. The van der Waals surface area contributed by atoms with E-state index in [2.05, 4.69) is 0 Å². The minimum Gasteiger partial charge on any atom is -0.297 e. The Hall–Kier alpha value is -2.97. The van der Waals surface area contributed by atoms with Crippen LogP contribution in [0.25, 0.3) is 0 Å². The Morgan fingerprint density at radius 3 is 1.46 bits per heavy atom. The molecule has 1 aliphatic heterocycles. The number of halogens is 2. The molecular weight excluding hydrogens is 703 g/mol. The van der Waals surface area contributed by atoms with Gasteiger partial charge in [0.2, 0.25) is 26.0 Å². The number of sulfonamides is 2. The first-order valence-electron chi connectivity index (χ1n) is 15.0. The van der Waals surface area contributed by atoms with Crippen molar-refractivity contribution in [3.05, 3.63) is 68.8 Å². The molecule has 2 aromatic rings. The number of alkyl halides is 2. The van der Waals surface area contributed by atoms with Crippen molar-refractivity contribution >= 4 is 39.2 Å². The lowest BCUT2D eigenvalue weighted by Crippen LogP contribution is -2.43. The number of nitro benzene ring substituents is 2. The minimum absolute atomic E-state index is 0.126. The minimum atomic E-state index is -4.68. The maximum Gasteiger partial charge on any atom is 0.408 e. The van der Waals surface area contributed by atoms with Crippen LogP contribution in [0.5, 0.6) is 0 Å². The molecule has 21 heteroatoms. The molecule has 3 rings (SSSR count). The second-order valence-electron chi connectivity index (χ2n) is 10.6. The molecule has 0 amide bonds. The van der Waals surface area contributed by atoms with Gasteiger partial charge in [-0.25, -0.2) is 34.9 Å². The van der Waals surface area contributed by atoms with E-state index in [1.165, 1.54) is 38.1 Å². The normalized spacial score (nSPS) is 18.6. The van der Waals surface area contributed by atoms with Crippen LogP contribution in [-0.2, 0) is 33.7 Å². The highest BCUT2D eigenvalue weighted by Crippen LogP contribution is 2.51. The topological polar surface area (TPSA) is 200 Å². The summed E-state index contributed by atoms with van der Waals surface area (Å²) in [4.78, 5) is 20.2. The molecule has 1 fully saturated rings. The average molecular weight is 742 g/mol. The lowest BCUT2D eigenvalue weighted by atomic mass is 10.1. The van der Waals surface area contributed by atoms with Crippen molar-refractivity contribution in [1.29, 1.82) is 0 Å². The standard InChI is InChI=1S/C27H38F2N5O11PS2/c1-3-44-46(39,45-4-2)30-19-21-31(47(40,41)25-13-7-5-11-23(25)33(35)36)17-9-15-27(28,29)16-10-18-32(22-20-30)48(42,43)26-14-8-6-12-24(26)34(37)38/h5-8,11-14H,3-4,9-10,15-22H2,1-2H3. The van der Waals surface area contributed by atoms with Gasteiger partial charge in [-0.3, -0.25) is 29.3 Å². The van der Waals surface area contributed by atoms with Gasteiger partial charge in [-0.1, -0.05) is 24.3 Å². The number of benzene rings is 2. The largest absolute Gasteiger partial charge is 0.408 e. The van der Waals surface area contributed by atoms with E-state index in [9.17, 15) is 41.6 Å². The summed E-state index contributed by atoms with van der Waals surface area (Å²) in [5.41, 5.74) is -1.46. The Morgan fingerprint density at radius 2 is 1.10 bits per heavy atom. The highest BCUT2D eigenvalue weighted by molar-refractivity contribution is 7.89. The summed E-state index contributed by atoms with van der Waals surface area (Å²) in [6, 6.07) is 9.09. The summed E-state index contributed by atoms with van der Waals surface area (Å²) in [5, 5.41) is 23.3. The van der Waals surface area contributed by atoms with E-state index in [-0.39, 0.29) is 26.1 Å². The fraction of sp³-hybridized carbons (Fsp3) is 0.556. The molecule has 48 heavy (non-hydrogen) atoms. The summed E-state index contributed by atoms with van der Waals surface area (Å²) >= 11 is 0. The second-order valence-corrected chi connectivity index (χ2v) is 16.4. The van der Waals surface area contributed by atoms with Crippen LogP contribution in [0.2, 0.25) is 0 Å². The summed E-state index contributed by atoms with van der Waals surface area (Å²) in [6.45, 7) is -0.0766. The van der Waals surface area contributed by atoms with Crippen molar-refractivity contribution in [2.45, 2.75) is 55.2 Å². The average Bonchev–Trinajstić information content (AvgIpc) is 3.02. The van der Waals surface area contributed by atoms with Crippen molar-refractivity contribution in [3.8, 4) is 0 Å². The van der Waals surface area contributed by atoms with Gasteiger partial charge in [0.15, 0.2) is 9.79 Å². The predicted octanol–water partition coefficient (Wildman–Crippen LogP) is 4.88. The molecule has 1 heterocycles. The number of para-hydroxylation sites is 2. The molecule has 2 aromatic carbocycles. The Morgan fingerprint density at radius 1 is 0.729 bits per heavy atom. The van der Waals surface area contributed by atoms with Crippen LogP contribution in [0.15, 0.2) is 58.3 Å². The van der Waals surface area contributed by atoms with Gasteiger partial charge >= 0.3 is 7.75 Å². The third-order valence-corrected chi connectivity index (χ3v) is 13.6. The number of hydrogen-bond donors (Lipinski definition) is 0. The third kappa shape index (κ3) is 9.59. The zero-order chi connectivity index (χ0) is 35.8. The van der Waals surface area contributed by atoms with Gasteiger partial charge in [-0.2, -0.15) is 8.61 Å². The number of hydrogen-bond acceptors (Lipinski definition) is 11. The molecule has 1 aliphatic rings. The van der Waals surface area contributed by atoms with Gasteiger partial charge < -0.3 is 0 Å². The predicted molar refractivity (Wildman–Crippen MR) is 170 cm³/mol. The van der Waals surface area contributed by atoms with E-state index in [1.54, 1.807) is 0 Å². The molecule has 0 aromatic heterocycles. The Kier molecular flexibility index (Phi) is 13.7. The van der Waals surface area contributed by atoms with E-state index in [4.69, 9.17) is 9.05 Å². The van der Waals surface area contributed by atoms with E-state index >= 15 is 8.78 Å². The smallest absolute Gasteiger partial charge is 0.297 e. The zero-order valence-electron chi connectivity index (χ0n) is 26.4. The molecule has 0 spiro atoms. The van der Waals surface area contributed by atoms with Gasteiger partial charge in [-0.15, -0.1) is 0 Å². The third-order valence-electron chi connectivity index (χ3n) is 7.41. The van der Waals surface area contributed by atoms with Crippen LogP contribution in [0.3, 0.4) is 0 Å². The van der Waals surface area contributed by atoms with Gasteiger partial charge in [0.05, 0.1) is 23.1 Å². The molecule has 0 radical (unpaired) electrons. The van der Waals surface area contributed by atoms with Crippen LogP contribution < -0.4 is 0 Å². The van der Waals surface area contributed by atoms with Crippen LogP contribution in [-0.4, -0.2) is 98.4 Å². The number of nitro groups is 2. The second kappa shape index (κ2) is 16.6. The molecule has 268 valence electrons. The van der Waals surface area contributed by atoms with E-state index in [0.29, 0.717) is 0 Å². The summed E-state index contributed by atoms with van der Waals surface area (Å²) in [7, 11) is -13.6. The fourth-order valence-electron chi connectivity index (χ4n) is 5.13. The van der Waals surface area contributed by atoms with Crippen LogP contribution in [0.4, 0.5) is 20.2 Å². The lowest BCUT2D eigenvalue weighted by molar-refractivity contribution is -0.388. The van der Waals surface area contributed by atoms with Gasteiger partial charge in [0, 0.05) is 64.2 Å². The first-order valence-corrected chi connectivity index (χ1v) is 19.4. The summed E-state index contributed by atoms with van der Waals surface area (Å²) in [5.74, 6) is -3.35. The molecule has 0 bridgehead atoms. The highest BCUT2D eigenvalue weighted by atomic mass is 32.2. The maximum absolute atomic E-state index is 15.0. The molecule has 0 aliphatic carbocycles.